The Morgan fingerprint density at radius 2 is 2.21 bits per heavy atom. The maximum atomic E-state index is 12.4. The van der Waals surface area contributed by atoms with E-state index in [1.165, 1.54) is 23.3 Å². The number of aromatic amines is 1. The largest absolute Gasteiger partial charge is 0.356 e. The molecule has 1 saturated carbocycles. The van der Waals surface area contributed by atoms with Crippen molar-refractivity contribution in [2.24, 2.45) is 5.41 Å². The van der Waals surface area contributed by atoms with E-state index in [0.29, 0.717) is 24.1 Å². The zero-order valence-corrected chi connectivity index (χ0v) is 14.9. The van der Waals surface area contributed by atoms with Gasteiger partial charge in [0.25, 0.3) is 5.56 Å². The molecule has 128 valence electrons. The first-order valence-electron chi connectivity index (χ1n) is 8.90. The molecular weight excluding hydrogens is 322 g/mol. The van der Waals surface area contributed by atoms with E-state index < -0.39 is 0 Å². The van der Waals surface area contributed by atoms with Gasteiger partial charge in [0.15, 0.2) is 0 Å². The fraction of sp³-hybridized carbons (Fsp3) is 0.611. The first kappa shape index (κ1) is 15.8. The maximum Gasteiger partial charge on any atom is 0.259 e. The number of carbonyl (C=O) groups is 1. The lowest BCUT2D eigenvalue weighted by molar-refractivity contribution is -0.121. The van der Waals surface area contributed by atoms with Crippen molar-refractivity contribution in [2.45, 2.75) is 58.3 Å². The summed E-state index contributed by atoms with van der Waals surface area (Å²) in [5.74, 6) is 0.672. The van der Waals surface area contributed by atoms with Gasteiger partial charge in [-0.1, -0.05) is 6.92 Å². The number of fused-ring (bicyclic) bond motifs is 3. The highest BCUT2D eigenvalue weighted by atomic mass is 32.1. The molecule has 0 aromatic carbocycles. The maximum absolute atomic E-state index is 12.4. The molecule has 5 nitrogen and oxygen atoms in total. The molecule has 0 unspecified atom stereocenters. The topological polar surface area (TPSA) is 74.8 Å². The molecule has 2 aliphatic carbocycles. The van der Waals surface area contributed by atoms with Crippen LogP contribution >= 0.6 is 11.3 Å². The van der Waals surface area contributed by atoms with E-state index in [4.69, 9.17) is 0 Å². The summed E-state index contributed by atoms with van der Waals surface area (Å²) in [6.45, 7) is 2.96. The molecule has 2 aromatic heterocycles. The Morgan fingerprint density at radius 1 is 1.38 bits per heavy atom. The quantitative estimate of drug-likeness (QED) is 0.845. The standard InChI is InChI=1S/C18H23N3O2S/c1-2-18(8-9-18)10-19-14(22)7-6-13-20-16(23)15-11-4-3-5-12(11)24-17(15)21-13/h2-10H2,1H3,(H,19,22)(H,20,21,23). The second-order valence-corrected chi connectivity index (χ2v) is 8.26. The van der Waals surface area contributed by atoms with Crippen LogP contribution in [0.15, 0.2) is 4.79 Å². The summed E-state index contributed by atoms with van der Waals surface area (Å²) in [5, 5.41) is 3.81. The number of aromatic nitrogens is 2. The van der Waals surface area contributed by atoms with Crippen LogP contribution in [-0.2, 0) is 24.1 Å². The fourth-order valence-corrected chi connectivity index (χ4v) is 4.88. The van der Waals surface area contributed by atoms with E-state index in [0.717, 1.165) is 42.4 Å². The van der Waals surface area contributed by atoms with Crippen LogP contribution in [-0.4, -0.2) is 22.4 Å². The van der Waals surface area contributed by atoms with Gasteiger partial charge in [0.05, 0.1) is 5.39 Å². The Hall–Kier alpha value is -1.69. The number of nitrogens with one attached hydrogen (secondary N) is 2. The minimum absolute atomic E-state index is 0.0438. The van der Waals surface area contributed by atoms with Gasteiger partial charge >= 0.3 is 0 Å². The third kappa shape index (κ3) is 2.88. The number of thiophene rings is 1. The highest BCUT2D eigenvalue weighted by Crippen LogP contribution is 2.47. The summed E-state index contributed by atoms with van der Waals surface area (Å²) >= 11 is 1.64. The molecule has 24 heavy (non-hydrogen) atoms. The number of rotatable bonds is 6. The molecule has 1 fully saturated rings. The van der Waals surface area contributed by atoms with Gasteiger partial charge in [-0.15, -0.1) is 11.3 Å². The number of aryl methyl sites for hydroxylation is 3. The zero-order chi connectivity index (χ0) is 16.7. The van der Waals surface area contributed by atoms with E-state index in [1.807, 2.05) is 0 Å². The first-order valence-corrected chi connectivity index (χ1v) is 9.72. The van der Waals surface area contributed by atoms with E-state index >= 15 is 0 Å². The van der Waals surface area contributed by atoms with Gasteiger partial charge in [0, 0.05) is 24.3 Å². The van der Waals surface area contributed by atoms with Crippen molar-refractivity contribution < 1.29 is 4.79 Å². The zero-order valence-electron chi connectivity index (χ0n) is 14.0. The summed E-state index contributed by atoms with van der Waals surface area (Å²) in [6.07, 6.45) is 7.61. The van der Waals surface area contributed by atoms with Crippen LogP contribution in [0.4, 0.5) is 0 Å². The predicted octanol–water partition coefficient (Wildman–Crippen LogP) is 2.71. The van der Waals surface area contributed by atoms with Crippen molar-refractivity contribution in [3.63, 3.8) is 0 Å². The minimum Gasteiger partial charge on any atom is -0.356 e. The molecule has 1 amide bonds. The van der Waals surface area contributed by atoms with Crippen molar-refractivity contribution >= 4 is 27.5 Å². The van der Waals surface area contributed by atoms with Crippen molar-refractivity contribution in [2.75, 3.05) is 6.54 Å². The molecule has 0 aliphatic heterocycles. The first-order chi connectivity index (χ1) is 11.6. The Kier molecular flexibility index (Phi) is 3.95. The lowest BCUT2D eigenvalue weighted by atomic mass is 10.0. The van der Waals surface area contributed by atoms with E-state index in [-0.39, 0.29) is 11.5 Å². The van der Waals surface area contributed by atoms with Gasteiger partial charge in [-0.2, -0.15) is 0 Å². The van der Waals surface area contributed by atoms with Gasteiger partial charge in [0.2, 0.25) is 5.91 Å². The van der Waals surface area contributed by atoms with Crippen LogP contribution in [0.25, 0.3) is 10.2 Å². The average Bonchev–Trinajstić information content (AvgIpc) is 3.07. The lowest BCUT2D eigenvalue weighted by Crippen LogP contribution is -2.30. The second-order valence-electron chi connectivity index (χ2n) is 7.18. The summed E-state index contributed by atoms with van der Waals surface area (Å²) < 4.78 is 0. The number of amides is 1. The molecule has 0 bridgehead atoms. The Bertz CT molecular complexity index is 848. The monoisotopic (exact) mass is 345 g/mol. The van der Waals surface area contributed by atoms with Crippen LogP contribution in [0.1, 0.15) is 55.3 Å². The van der Waals surface area contributed by atoms with Crippen LogP contribution in [0.5, 0.6) is 0 Å². The van der Waals surface area contributed by atoms with Crippen molar-refractivity contribution in [1.29, 1.82) is 0 Å². The molecule has 2 heterocycles. The molecule has 2 N–H and O–H groups in total. The average molecular weight is 345 g/mol. The number of H-pyrrole nitrogens is 1. The molecule has 0 spiro atoms. The normalized spacial score (nSPS) is 17.9. The number of hydrogen-bond donors (Lipinski definition) is 2. The fourth-order valence-electron chi connectivity index (χ4n) is 3.60. The molecular formula is C18H23N3O2S. The van der Waals surface area contributed by atoms with E-state index in [1.54, 1.807) is 11.3 Å². The predicted molar refractivity (Wildman–Crippen MR) is 95.6 cm³/mol. The molecule has 4 rings (SSSR count). The molecule has 2 aliphatic rings. The summed E-state index contributed by atoms with van der Waals surface area (Å²) in [4.78, 5) is 34.0. The van der Waals surface area contributed by atoms with Crippen LogP contribution in [0.2, 0.25) is 0 Å². The highest BCUT2D eigenvalue weighted by molar-refractivity contribution is 7.18. The van der Waals surface area contributed by atoms with E-state index in [2.05, 4.69) is 22.2 Å². The SMILES string of the molecule is CCC1(CNC(=O)CCc2nc3sc4c(c3c(=O)[nH]2)CCC4)CC1. The van der Waals surface area contributed by atoms with Crippen molar-refractivity contribution in [3.8, 4) is 0 Å². The van der Waals surface area contributed by atoms with Gasteiger partial charge in [-0.3, -0.25) is 9.59 Å². The van der Waals surface area contributed by atoms with Crippen molar-refractivity contribution in [1.82, 2.24) is 15.3 Å². The summed E-state index contributed by atoms with van der Waals surface area (Å²) in [6, 6.07) is 0. The smallest absolute Gasteiger partial charge is 0.259 e. The van der Waals surface area contributed by atoms with Crippen LogP contribution in [0.3, 0.4) is 0 Å². The Balaban J connectivity index is 1.41. The van der Waals surface area contributed by atoms with Crippen molar-refractivity contribution in [3.05, 3.63) is 26.6 Å². The Morgan fingerprint density at radius 3 is 2.96 bits per heavy atom. The molecule has 0 atom stereocenters. The lowest BCUT2D eigenvalue weighted by Gasteiger charge is -2.13. The Labute approximate surface area is 144 Å². The minimum atomic E-state index is -0.0438. The van der Waals surface area contributed by atoms with Crippen LogP contribution in [0, 0.1) is 5.41 Å². The van der Waals surface area contributed by atoms with E-state index in [9.17, 15) is 9.59 Å². The molecule has 2 aromatic rings. The van der Waals surface area contributed by atoms with Gasteiger partial charge < -0.3 is 10.3 Å². The van der Waals surface area contributed by atoms with Gasteiger partial charge in [-0.05, 0) is 49.5 Å². The number of nitrogens with zero attached hydrogens (tertiary/aromatic N) is 1. The third-order valence-electron chi connectivity index (χ3n) is 5.58. The molecule has 6 heteroatoms. The second kappa shape index (κ2) is 5.99. The molecule has 0 radical (unpaired) electrons. The number of carbonyl (C=O) groups excluding carboxylic acids is 1. The highest BCUT2D eigenvalue weighted by Gasteiger charge is 2.40. The number of hydrogen-bond acceptors (Lipinski definition) is 4. The summed E-state index contributed by atoms with van der Waals surface area (Å²) in [7, 11) is 0. The third-order valence-corrected chi connectivity index (χ3v) is 6.77. The molecule has 0 saturated heterocycles. The van der Waals surface area contributed by atoms with Gasteiger partial charge in [0.1, 0.15) is 10.7 Å². The van der Waals surface area contributed by atoms with Crippen LogP contribution < -0.4 is 10.9 Å². The summed E-state index contributed by atoms with van der Waals surface area (Å²) in [5.41, 5.74) is 1.51. The van der Waals surface area contributed by atoms with Gasteiger partial charge in [-0.25, -0.2) is 4.98 Å².